The van der Waals surface area contributed by atoms with Crippen molar-refractivity contribution in [1.29, 1.82) is 0 Å². The Morgan fingerprint density at radius 2 is 2.27 bits per heavy atom. The number of halogens is 1. The van der Waals surface area contributed by atoms with Gasteiger partial charge in [0, 0.05) is 16.9 Å². The molecule has 0 aliphatic carbocycles. The van der Waals surface area contributed by atoms with E-state index in [1.54, 1.807) is 0 Å². The number of carbonyl (C=O) groups excluding carboxylic acids is 1. The summed E-state index contributed by atoms with van der Waals surface area (Å²) in [5, 5.41) is 9.89. The smallest absolute Gasteiger partial charge is 0.208 e. The molecule has 11 heavy (non-hydrogen) atoms. The van der Waals surface area contributed by atoms with Crippen LogP contribution in [0.15, 0.2) is 10.6 Å². The van der Waals surface area contributed by atoms with Gasteiger partial charge in [-0.2, -0.15) is 0 Å². The highest BCUT2D eigenvalue weighted by atomic mass is 79.9. The fourth-order valence-corrected chi connectivity index (χ4v) is 1.07. The first-order chi connectivity index (χ1) is 5.07. The second-order valence-electron chi connectivity index (χ2n) is 2.00. The molecule has 0 heterocycles. The first-order valence-electron chi connectivity index (χ1n) is 3.00. The molecule has 0 amide bonds. The number of Topliss-reactive ketones (excluding diaryl/α,β-unsaturated/α-hetero) is 1. The lowest BCUT2D eigenvalue weighted by Crippen LogP contribution is -2.05. The number of rotatable bonds is 4. The van der Waals surface area contributed by atoms with Crippen molar-refractivity contribution in [3.63, 3.8) is 0 Å². The van der Waals surface area contributed by atoms with E-state index in [0.29, 0.717) is 5.57 Å². The average molecular weight is 222 g/mol. The Labute approximate surface area is 72.6 Å². The monoisotopic (exact) mass is 221 g/mol. The molecule has 0 aromatic heterocycles. The van der Waals surface area contributed by atoms with E-state index in [2.05, 4.69) is 15.9 Å². The SMILES string of the molecule is CC(=O)/C(=C\Br)CC[N+](=O)[O-]. The molecular formula is C6H8BrNO3. The van der Waals surface area contributed by atoms with E-state index in [9.17, 15) is 14.9 Å². The molecule has 5 heteroatoms. The summed E-state index contributed by atoms with van der Waals surface area (Å²) >= 11 is 2.96. The summed E-state index contributed by atoms with van der Waals surface area (Å²) in [6.07, 6.45) is 0.188. The average Bonchev–Trinajstić information content (AvgIpc) is 1.87. The summed E-state index contributed by atoms with van der Waals surface area (Å²) < 4.78 is 0. The van der Waals surface area contributed by atoms with E-state index in [1.165, 1.54) is 11.9 Å². The van der Waals surface area contributed by atoms with E-state index >= 15 is 0 Å². The molecule has 0 aromatic rings. The third-order valence-electron chi connectivity index (χ3n) is 1.15. The summed E-state index contributed by atoms with van der Waals surface area (Å²) in [7, 11) is 0. The van der Waals surface area contributed by atoms with Gasteiger partial charge in [0.05, 0.1) is 0 Å². The number of hydrogen-bond donors (Lipinski definition) is 0. The summed E-state index contributed by atoms with van der Waals surface area (Å²) in [4.78, 5) is 21.5. The molecule has 0 bridgehead atoms. The molecule has 0 spiro atoms. The van der Waals surface area contributed by atoms with Gasteiger partial charge in [0.1, 0.15) is 0 Å². The topological polar surface area (TPSA) is 60.2 Å². The van der Waals surface area contributed by atoms with Crippen molar-refractivity contribution >= 4 is 21.7 Å². The van der Waals surface area contributed by atoms with Crippen LogP contribution in [0.1, 0.15) is 13.3 Å². The van der Waals surface area contributed by atoms with Crippen molar-refractivity contribution in [2.75, 3.05) is 6.54 Å². The molecular weight excluding hydrogens is 214 g/mol. The van der Waals surface area contributed by atoms with Crippen LogP contribution in [0.5, 0.6) is 0 Å². The van der Waals surface area contributed by atoms with E-state index in [4.69, 9.17) is 0 Å². The van der Waals surface area contributed by atoms with Gasteiger partial charge in [0.25, 0.3) is 0 Å². The molecule has 0 fully saturated rings. The Morgan fingerprint density at radius 1 is 1.73 bits per heavy atom. The number of carbonyl (C=O) groups is 1. The molecule has 0 unspecified atom stereocenters. The molecule has 0 rings (SSSR count). The van der Waals surface area contributed by atoms with E-state index in [-0.39, 0.29) is 18.7 Å². The van der Waals surface area contributed by atoms with Crippen LogP contribution in [0, 0.1) is 10.1 Å². The Kier molecular flexibility index (Phi) is 4.69. The van der Waals surface area contributed by atoms with Crippen molar-refractivity contribution in [2.24, 2.45) is 0 Å². The Bertz CT molecular complexity index is 200. The highest BCUT2D eigenvalue weighted by Crippen LogP contribution is 2.05. The number of hydrogen-bond acceptors (Lipinski definition) is 3. The maximum absolute atomic E-state index is 10.7. The van der Waals surface area contributed by atoms with Crippen LogP contribution in [-0.4, -0.2) is 17.3 Å². The highest BCUT2D eigenvalue weighted by molar-refractivity contribution is 9.11. The minimum Gasteiger partial charge on any atom is -0.295 e. The summed E-state index contributed by atoms with van der Waals surface area (Å²) in [5.74, 6) is -0.135. The van der Waals surface area contributed by atoms with Crippen molar-refractivity contribution in [3.05, 3.63) is 20.7 Å². The summed E-state index contributed by atoms with van der Waals surface area (Å²) in [6.45, 7) is 1.18. The molecule has 4 nitrogen and oxygen atoms in total. The molecule has 0 atom stereocenters. The van der Waals surface area contributed by atoms with Gasteiger partial charge in [0.15, 0.2) is 5.78 Å². The lowest BCUT2D eigenvalue weighted by atomic mass is 10.1. The quantitative estimate of drug-likeness (QED) is 0.411. The zero-order valence-corrected chi connectivity index (χ0v) is 7.63. The van der Waals surface area contributed by atoms with Crippen molar-refractivity contribution < 1.29 is 9.72 Å². The molecule has 0 saturated heterocycles. The maximum Gasteiger partial charge on any atom is 0.208 e. The van der Waals surface area contributed by atoms with Gasteiger partial charge in [-0.25, -0.2) is 0 Å². The number of ketones is 1. The lowest BCUT2D eigenvalue weighted by molar-refractivity contribution is -0.479. The van der Waals surface area contributed by atoms with Gasteiger partial charge in [-0.15, -0.1) is 0 Å². The van der Waals surface area contributed by atoms with Gasteiger partial charge in [-0.1, -0.05) is 15.9 Å². The minimum atomic E-state index is -0.445. The predicted octanol–water partition coefficient (Wildman–Crippen LogP) is 1.52. The van der Waals surface area contributed by atoms with Crippen LogP contribution in [0.2, 0.25) is 0 Å². The van der Waals surface area contributed by atoms with Crippen molar-refractivity contribution in [2.45, 2.75) is 13.3 Å². The van der Waals surface area contributed by atoms with Crippen molar-refractivity contribution in [3.8, 4) is 0 Å². The second-order valence-corrected chi connectivity index (χ2v) is 2.45. The first kappa shape index (κ1) is 10.3. The normalized spacial score (nSPS) is 11.3. The van der Waals surface area contributed by atoms with Gasteiger partial charge in [0.2, 0.25) is 6.54 Å². The molecule has 0 saturated carbocycles. The van der Waals surface area contributed by atoms with Crippen LogP contribution in [0.25, 0.3) is 0 Å². The maximum atomic E-state index is 10.7. The van der Waals surface area contributed by atoms with Crippen LogP contribution >= 0.6 is 15.9 Å². The predicted molar refractivity (Wildman–Crippen MR) is 44.2 cm³/mol. The van der Waals surface area contributed by atoms with Gasteiger partial charge < -0.3 is 0 Å². The summed E-state index contributed by atoms with van der Waals surface area (Å²) in [6, 6.07) is 0. The zero-order valence-electron chi connectivity index (χ0n) is 6.04. The Morgan fingerprint density at radius 3 is 2.55 bits per heavy atom. The van der Waals surface area contributed by atoms with Gasteiger partial charge in [-0.05, 0) is 11.9 Å². The minimum absolute atomic E-state index is 0.135. The lowest BCUT2D eigenvalue weighted by Gasteiger charge is -1.95. The van der Waals surface area contributed by atoms with E-state index < -0.39 is 4.92 Å². The molecule has 0 aliphatic rings. The van der Waals surface area contributed by atoms with Gasteiger partial charge >= 0.3 is 0 Å². The van der Waals surface area contributed by atoms with E-state index in [0.717, 1.165) is 0 Å². The molecule has 0 N–H and O–H groups in total. The van der Waals surface area contributed by atoms with E-state index in [1.807, 2.05) is 0 Å². The molecule has 0 aliphatic heterocycles. The number of nitrogens with zero attached hydrogens (tertiary/aromatic N) is 1. The fraction of sp³-hybridized carbons (Fsp3) is 0.500. The van der Waals surface area contributed by atoms with Crippen molar-refractivity contribution in [1.82, 2.24) is 0 Å². The van der Waals surface area contributed by atoms with Crippen LogP contribution < -0.4 is 0 Å². The molecule has 0 aromatic carbocycles. The fourth-order valence-electron chi connectivity index (χ4n) is 0.519. The van der Waals surface area contributed by atoms with Crippen LogP contribution in [0.3, 0.4) is 0 Å². The standard InChI is InChI=1S/C6H8BrNO3/c1-5(9)6(4-7)2-3-8(10)11/h4H,2-3H2,1H3/b6-4-. The molecule has 62 valence electrons. The number of nitro groups is 1. The Balaban J connectivity index is 3.92. The third-order valence-corrected chi connectivity index (χ3v) is 1.70. The zero-order chi connectivity index (χ0) is 8.85. The second kappa shape index (κ2) is 5.01. The van der Waals surface area contributed by atoms with Crippen LogP contribution in [-0.2, 0) is 4.79 Å². The highest BCUT2D eigenvalue weighted by Gasteiger charge is 2.06. The molecule has 0 radical (unpaired) electrons. The summed E-state index contributed by atoms with van der Waals surface area (Å²) in [5.41, 5.74) is 0.446. The third kappa shape index (κ3) is 4.66. The van der Waals surface area contributed by atoms with Crippen LogP contribution in [0.4, 0.5) is 0 Å². The largest absolute Gasteiger partial charge is 0.295 e. The Hall–Kier alpha value is -0.710. The first-order valence-corrected chi connectivity index (χ1v) is 3.91. The van der Waals surface area contributed by atoms with Gasteiger partial charge in [-0.3, -0.25) is 14.9 Å².